The van der Waals surface area contributed by atoms with Crippen LogP contribution in [0.25, 0.3) is 0 Å². The maximum Gasteiger partial charge on any atom is 0.226 e. The highest BCUT2D eigenvalue weighted by Crippen LogP contribution is 2.42. The highest BCUT2D eigenvalue weighted by atomic mass is 32.2. The first-order valence-corrected chi connectivity index (χ1v) is 23.1. The van der Waals surface area contributed by atoms with Crippen LogP contribution in [0.4, 0.5) is 0 Å². The Balaban J connectivity index is 1.47. The minimum Gasteiger partial charge on any atom is -0.379 e. The molecule has 11 nitrogen and oxygen atoms in total. The molecule has 1 aromatic carbocycles. The molecule has 0 aromatic heterocycles. The van der Waals surface area contributed by atoms with Gasteiger partial charge in [-0.3, -0.25) is 24.1 Å². The fourth-order valence-corrected chi connectivity index (χ4v) is 11.4. The fraction of sp³-hybridized carbons (Fsp3) is 0.773. The lowest BCUT2D eigenvalue weighted by Gasteiger charge is -2.41. The molecular weight excluding hydrogens is 731 g/mol. The van der Waals surface area contributed by atoms with Gasteiger partial charge in [0.15, 0.2) is 5.78 Å². The number of rotatable bonds is 22. The van der Waals surface area contributed by atoms with Crippen LogP contribution in [-0.4, -0.2) is 130 Å². The van der Waals surface area contributed by atoms with Crippen LogP contribution in [0.5, 0.6) is 0 Å². The van der Waals surface area contributed by atoms with Gasteiger partial charge >= 0.3 is 0 Å². The van der Waals surface area contributed by atoms with Gasteiger partial charge in [-0.1, -0.05) is 71.4 Å². The van der Waals surface area contributed by atoms with Gasteiger partial charge in [-0.2, -0.15) is 0 Å². The Morgan fingerprint density at radius 3 is 2.18 bits per heavy atom. The quantitative estimate of drug-likeness (QED) is 0.150. The van der Waals surface area contributed by atoms with Gasteiger partial charge < -0.3 is 19.3 Å². The van der Waals surface area contributed by atoms with E-state index in [4.69, 9.17) is 9.47 Å². The number of fused-ring (bicyclic) bond motifs is 2. The molecule has 1 aliphatic carbocycles. The highest BCUT2D eigenvalue weighted by Gasteiger charge is 2.48. The van der Waals surface area contributed by atoms with E-state index in [0.29, 0.717) is 31.3 Å². The Morgan fingerprint density at radius 1 is 0.946 bits per heavy atom. The van der Waals surface area contributed by atoms with Crippen LogP contribution in [0.15, 0.2) is 30.3 Å². The first-order valence-electron chi connectivity index (χ1n) is 21.0. The molecule has 2 amide bonds. The topological polar surface area (TPSA) is 131 Å². The van der Waals surface area contributed by atoms with Crippen molar-refractivity contribution < 1.29 is 37.1 Å². The zero-order valence-corrected chi connectivity index (χ0v) is 36.6. The average Bonchev–Trinajstić information content (AvgIpc) is 3.90. The summed E-state index contributed by atoms with van der Waals surface area (Å²) in [5, 5.41) is 0. The van der Waals surface area contributed by atoms with Gasteiger partial charge in [0.1, 0.15) is 15.6 Å². The van der Waals surface area contributed by atoms with Gasteiger partial charge in [-0.05, 0) is 74.8 Å². The van der Waals surface area contributed by atoms with Crippen LogP contribution < -0.4 is 0 Å². The highest BCUT2D eigenvalue weighted by molar-refractivity contribution is 7.90. The molecule has 3 aliphatic rings. The maximum absolute atomic E-state index is 14.4. The standard InChI is InChI=1S/C44H71N3O8S/c1-11-29(4)41(46(7)44(51)35(28(2)3)25-38(49)42-33-19-20-34(24-33)45(42)6)39(54-8)26-40(50)47-21-15-18-36(47)43(55-9)30(5)37(48)23-32(27-56(10,52)53)22-31-16-13-12-14-17-31/h12-14,16-17,28-30,32-36,39,41-43H,11,15,18-27H2,1-10H3/t29-,30-,32+,33-,34+,35-,36-,39+,41-,42-,43+/m0/s1. The van der Waals surface area contributed by atoms with E-state index in [0.717, 1.165) is 37.7 Å². The van der Waals surface area contributed by atoms with E-state index < -0.39 is 39.9 Å². The smallest absolute Gasteiger partial charge is 0.226 e. The summed E-state index contributed by atoms with van der Waals surface area (Å²) >= 11 is 0. The predicted molar refractivity (Wildman–Crippen MR) is 220 cm³/mol. The van der Waals surface area contributed by atoms with Gasteiger partial charge in [0.05, 0.1) is 42.5 Å². The number of ketones is 2. The number of likely N-dealkylation sites (N-methyl/N-ethyl adjacent to an activating group) is 2. The van der Waals surface area contributed by atoms with Crippen LogP contribution >= 0.6 is 0 Å². The molecule has 12 heteroatoms. The van der Waals surface area contributed by atoms with Crippen molar-refractivity contribution in [3.63, 3.8) is 0 Å². The third-order valence-corrected chi connectivity index (χ3v) is 14.6. The van der Waals surface area contributed by atoms with Crippen molar-refractivity contribution in [2.75, 3.05) is 46.9 Å². The van der Waals surface area contributed by atoms with E-state index >= 15 is 0 Å². The van der Waals surface area contributed by atoms with Crippen molar-refractivity contribution in [1.29, 1.82) is 0 Å². The van der Waals surface area contributed by atoms with Crippen LogP contribution in [0, 0.1) is 35.5 Å². The molecule has 0 unspecified atom stereocenters. The minimum absolute atomic E-state index is 0.0106. The molecule has 316 valence electrons. The second kappa shape index (κ2) is 20.3. The van der Waals surface area contributed by atoms with E-state index in [-0.39, 0.29) is 78.2 Å². The number of sulfone groups is 1. The number of ether oxygens (including phenoxy) is 2. The zero-order valence-electron chi connectivity index (χ0n) is 35.8. The number of carbonyl (C=O) groups is 4. The Labute approximate surface area is 337 Å². The number of benzene rings is 1. The molecule has 1 aromatic rings. The lowest BCUT2D eigenvalue weighted by molar-refractivity contribution is -0.149. The normalized spacial score (nSPS) is 25.1. The first-order chi connectivity index (χ1) is 26.4. The lowest BCUT2D eigenvalue weighted by Crippen LogP contribution is -2.54. The van der Waals surface area contributed by atoms with Crippen molar-refractivity contribution in [1.82, 2.24) is 14.7 Å². The molecular formula is C44H71N3O8S. The third kappa shape index (κ3) is 11.3. The second-order valence-corrected chi connectivity index (χ2v) is 20.0. The fourth-order valence-electron chi connectivity index (χ4n) is 10.3. The van der Waals surface area contributed by atoms with Gasteiger partial charge in [0, 0.05) is 64.8 Å². The molecule has 0 spiro atoms. The summed E-state index contributed by atoms with van der Waals surface area (Å²) in [6.07, 6.45) is 6.32. The lowest BCUT2D eigenvalue weighted by atomic mass is 9.83. The Hall–Kier alpha value is -2.67. The molecule has 2 bridgehead atoms. The summed E-state index contributed by atoms with van der Waals surface area (Å²) in [5.74, 6) is -1.32. The number of Topliss-reactive ketones (excluding diaryl/α,β-unsaturated/α-hetero) is 2. The number of carbonyl (C=O) groups excluding carboxylic acids is 4. The molecule has 11 atom stereocenters. The molecule has 4 rings (SSSR count). The number of piperidine rings is 1. The van der Waals surface area contributed by atoms with Gasteiger partial charge in [-0.15, -0.1) is 0 Å². The largest absolute Gasteiger partial charge is 0.379 e. The van der Waals surface area contributed by atoms with Gasteiger partial charge in [0.25, 0.3) is 0 Å². The van der Waals surface area contributed by atoms with Crippen molar-refractivity contribution in [3.8, 4) is 0 Å². The molecule has 56 heavy (non-hydrogen) atoms. The summed E-state index contributed by atoms with van der Waals surface area (Å²) in [6.45, 7) is 10.5. The number of methoxy groups -OCH3 is 2. The summed E-state index contributed by atoms with van der Waals surface area (Å²) in [4.78, 5) is 62.1. The first kappa shape index (κ1) is 46.0. The Kier molecular flexibility index (Phi) is 16.7. The molecule has 2 aliphatic heterocycles. The SMILES string of the molecule is CC[C@H](C)[C@@H]([C@@H](CC(=O)N1CCC[C@H]1[C@H](OC)[C@@H](C)C(=O)C[C@@H](Cc1ccccc1)CS(C)(=O)=O)OC)N(C)C(=O)[C@@H](CC(=O)[C@@H]1[C@H]2CC[C@H](C2)N1C)C(C)C. The van der Waals surface area contributed by atoms with Crippen molar-refractivity contribution in [2.45, 2.75) is 135 Å². The van der Waals surface area contributed by atoms with E-state index in [2.05, 4.69) is 18.7 Å². The summed E-state index contributed by atoms with van der Waals surface area (Å²) in [7, 11) is 3.66. The van der Waals surface area contributed by atoms with E-state index in [1.165, 1.54) is 6.26 Å². The summed E-state index contributed by atoms with van der Waals surface area (Å²) in [6, 6.07) is 9.20. The average molecular weight is 802 g/mol. The van der Waals surface area contributed by atoms with Gasteiger partial charge in [0.2, 0.25) is 11.8 Å². The van der Waals surface area contributed by atoms with E-state index in [1.807, 2.05) is 63.1 Å². The third-order valence-electron chi connectivity index (χ3n) is 13.5. The predicted octanol–water partition coefficient (Wildman–Crippen LogP) is 5.48. The maximum atomic E-state index is 14.4. The minimum atomic E-state index is -3.33. The second-order valence-electron chi connectivity index (χ2n) is 17.8. The monoisotopic (exact) mass is 801 g/mol. The Bertz CT molecular complexity index is 1590. The van der Waals surface area contributed by atoms with Crippen LogP contribution in [0.2, 0.25) is 0 Å². The van der Waals surface area contributed by atoms with E-state index in [1.54, 1.807) is 26.2 Å². The van der Waals surface area contributed by atoms with Crippen molar-refractivity contribution in [3.05, 3.63) is 35.9 Å². The number of hydrogen-bond acceptors (Lipinski definition) is 9. The van der Waals surface area contributed by atoms with E-state index in [9.17, 15) is 27.6 Å². The Morgan fingerprint density at radius 2 is 1.62 bits per heavy atom. The van der Waals surface area contributed by atoms with Gasteiger partial charge in [-0.25, -0.2) is 8.42 Å². The molecule has 2 heterocycles. The molecule has 1 saturated carbocycles. The number of nitrogens with zero attached hydrogens (tertiary/aromatic N) is 3. The van der Waals surface area contributed by atoms with Crippen LogP contribution in [0.3, 0.4) is 0 Å². The number of amides is 2. The number of likely N-dealkylation sites (tertiary alicyclic amines) is 2. The molecule has 0 radical (unpaired) electrons. The molecule has 2 saturated heterocycles. The van der Waals surface area contributed by atoms with Crippen LogP contribution in [0.1, 0.15) is 98.0 Å². The number of hydrogen-bond donors (Lipinski definition) is 0. The molecule has 3 fully saturated rings. The summed E-state index contributed by atoms with van der Waals surface area (Å²) < 4.78 is 36.8. The summed E-state index contributed by atoms with van der Waals surface area (Å²) in [5.41, 5.74) is 0.977. The van der Waals surface area contributed by atoms with Crippen LogP contribution in [-0.2, 0) is 44.9 Å². The van der Waals surface area contributed by atoms with Crippen molar-refractivity contribution in [2.24, 2.45) is 35.5 Å². The zero-order chi connectivity index (χ0) is 41.5. The molecule has 0 N–H and O–H groups in total. The van der Waals surface area contributed by atoms with Crippen molar-refractivity contribution >= 4 is 33.2 Å².